The largest absolute Gasteiger partial charge is 0.497 e. The smallest absolute Gasteiger partial charge is 0.271 e. The van der Waals surface area contributed by atoms with Gasteiger partial charge in [0.15, 0.2) is 0 Å². The molecule has 4 rings (SSSR count). The van der Waals surface area contributed by atoms with Gasteiger partial charge in [0.2, 0.25) is 0 Å². The zero-order valence-corrected chi connectivity index (χ0v) is 16.8. The van der Waals surface area contributed by atoms with Gasteiger partial charge in [-0.3, -0.25) is 9.69 Å². The van der Waals surface area contributed by atoms with Gasteiger partial charge in [-0.2, -0.15) is 5.10 Å². The van der Waals surface area contributed by atoms with Crippen LogP contribution in [0.2, 0.25) is 0 Å². The second-order valence-electron chi connectivity index (χ2n) is 7.46. The summed E-state index contributed by atoms with van der Waals surface area (Å²) in [7, 11) is 1.67. The third-order valence-electron chi connectivity index (χ3n) is 5.50. The molecule has 1 aliphatic heterocycles. The van der Waals surface area contributed by atoms with Gasteiger partial charge in [-0.05, 0) is 60.7 Å². The van der Waals surface area contributed by atoms with Crippen molar-refractivity contribution in [1.82, 2.24) is 10.3 Å². The van der Waals surface area contributed by atoms with Crippen LogP contribution in [0.1, 0.15) is 39.9 Å². The van der Waals surface area contributed by atoms with Gasteiger partial charge in [-0.15, -0.1) is 0 Å². The molecule has 1 amide bonds. The first-order valence-corrected chi connectivity index (χ1v) is 10.2. The first-order chi connectivity index (χ1) is 14.2. The number of morpholine rings is 1. The van der Waals surface area contributed by atoms with E-state index in [0.717, 1.165) is 69.1 Å². The Hall–Kier alpha value is -2.70. The van der Waals surface area contributed by atoms with Crippen molar-refractivity contribution in [3.63, 3.8) is 0 Å². The SMILES string of the molecule is COc1ccc2c(c1)CCC/C2=N\NC(=O)c1ccc(CN2CCOCC2)cc1. The number of benzene rings is 2. The fraction of sp³-hybridized carbons (Fsp3) is 0.391. The van der Waals surface area contributed by atoms with E-state index in [1.54, 1.807) is 7.11 Å². The summed E-state index contributed by atoms with van der Waals surface area (Å²) in [6, 6.07) is 13.8. The van der Waals surface area contributed by atoms with Crippen LogP contribution >= 0.6 is 0 Å². The van der Waals surface area contributed by atoms with Crippen LogP contribution in [0.4, 0.5) is 0 Å². The van der Waals surface area contributed by atoms with Crippen molar-refractivity contribution >= 4 is 11.6 Å². The number of carbonyl (C=O) groups excluding carboxylic acids is 1. The molecule has 1 aliphatic carbocycles. The molecule has 1 saturated heterocycles. The molecule has 0 atom stereocenters. The zero-order chi connectivity index (χ0) is 20.1. The molecule has 0 spiro atoms. The Labute approximate surface area is 171 Å². The summed E-state index contributed by atoms with van der Waals surface area (Å²) in [6.07, 6.45) is 2.88. The van der Waals surface area contributed by atoms with Crippen molar-refractivity contribution in [2.24, 2.45) is 5.10 Å². The minimum Gasteiger partial charge on any atom is -0.497 e. The van der Waals surface area contributed by atoms with Crippen molar-refractivity contribution < 1.29 is 14.3 Å². The van der Waals surface area contributed by atoms with Gasteiger partial charge in [-0.25, -0.2) is 5.43 Å². The molecule has 0 saturated carbocycles. The van der Waals surface area contributed by atoms with Crippen molar-refractivity contribution in [1.29, 1.82) is 0 Å². The fourth-order valence-corrected chi connectivity index (χ4v) is 3.84. The normalized spacial score (nSPS) is 18.3. The summed E-state index contributed by atoms with van der Waals surface area (Å²) in [6.45, 7) is 4.36. The number of amides is 1. The monoisotopic (exact) mass is 393 g/mol. The number of nitrogens with one attached hydrogen (secondary N) is 1. The van der Waals surface area contributed by atoms with Gasteiger partial charge in [0.25, 0.3) is 5.91 Å². The molecule has 0 unspecified atom stereocenters. The molecule has 0 radical (unpaired) electrons. The number of nitrogens with zero attached hydrogens (tertiary/aromatic N) is 2. The summed E-state index contributed by atoms with van der Waals surface area (Å²) >= 11 is 0. The van der Waals surface area contributed by atoms with Crippen LogP contribution in [0.25, 0.3) is 0 Å². The molecule has 1 N–H and O–H groups in total. The Morgan fingerprint density at radius 1 is 1.14 bits per heavy atom. The van der Waals surface area contributed by atoms with E-state index >= 15 is 0 Å². The number of hydrogen-bond acceptors (Lipinski definition) is 5. The first-order valence-electron chi connectivity index (χ1n) is 10.2. The molecule has 2 aromatic carbocycles. The van der Waals surface area contributed by atoms with Gasteiger partial charge < -0.3 is 9.47 Å². The molecule has 0 bridgehead atoms. The second-order valence-corrected chi connectivity index (χ2v) is 7.46. The summed E-state index contributed by atoms with van der Waals surface area (Å²) in [5, 5.41) is 4.43. The predicted molar refractivity (Wildman–Crippen MR) is 112 cm³/mol. The topological polar surface area (TPSA) is 63.2 Å². The highest BCUT2D eigenvalue weighted by atomic mass is 16.5. The lowest BCUT2D eigenvalue weighted by atomic mass is 9.90. The van der Waals surface area contributed by atoms with Crippen LogP contribution < -0.4 is 10.2 Å². The van der Waals surface area contributed by atoms with Crippen LogP contribution in [0, 0.1) is 0 Å². The number of methoxy groups -OCH3 is 1. The zero-order valence-electron chi connectivity index (χ0n) is 16.8. The molecule has 0 aromatic heterocycles. The number of aryl methyl sites for hydroxylation is 1. The van der Waals surface area contributed by atoms with Crippen molar-refractivity contribution in [2.45, 2.75) is 25.8 Å². The van der Waals surface area contributed by atoms with Crippen molar-refractivity contribution in [2.75, 3.05) is 33.4 Å². The molecular formula is C23H27N3O3. The lowest BCUT2D eigenvalue weighted by Crippen LogP contribution is -2.35. The van der Waals surface area contributed by atoms with Gasteiger partial charge >= 0.3 is 0 Å². The minimum absolute atomic E-state index is 0.184. The molecule has 2 aliphatic rings. The average Bonchev–Trinajstić information content (AvgIpc) is 2.78. The van der Waals surface area contributed by atoms with E-state index in [2.05, 4.69) is 21.5 Å². The van der Waals surface area contributed by atoms with Crippen molar-refractivity contribution in [3.8, 4) is 5.75 Å². The van der Waals surface area contributed by atoms with Gasteiger partial charge in [-0.1, -0.05) is 12.1 Å². The number of hydrogen-bond donors (Lipinski definition) is 1. The molecule has 152 valence electrons. The summed E-state index contributed by atoms with van der Waals surface area (Å²) in [5.41, 5.74) is 7.78. The van der Waals surface area contributed by atoms with E-state index in [0.29, 0.717) is 5.56 Å². The number of hydrazone groups is 1. The number of ether oxygens (including phenoxy) is 2. The average molecular weight is 393 g/mol. The Morgan fingerprint density at radius 3 is 2.69 bits per heavy atom. The highest BCUT2D eigenvalue weighted by molar-refractivity contribution is 6.04. The summed E-state index contributed by atoms with van der Waals surface area (Å²) in [5.74, 6) is 0.669. The minimum atomic E-state index is -0.184. The standard InChI is InChI=1S/C23H27N3O3/c1-28-20-9-10-21-19(15-20)3-2-4-22(21)24-25-23(27)18-7-5-17(6-8-18)16-26-11-13-29-14-12-26/h5-10,15H,2-4,11-14,16H2,1H3,(H,25,27)/b24-22+. The van der Waals surface area contributed by atoms with Crippen LogP contribution in [0.15, 0.2) is 47.6 Å². The number of carbonyl (C=O) groups is 1. The van der Waals surface area contributed by atoms with Crippen LogP contribution in [-0.2, 0) is 17.7 Å². The third kappa shape index (κ3) is 4.83. The van der Waals surface area contributed by atoms with Crippen LogP contribution in [-0.4, -0.2) is 49.9 Å². The highest BCUT2D eigenvalue weighted by Crippen LogP contribution is 2.25. The molecule has 6 heteroatoms. The molecular weight excluding hydrogens is 366 g/mol. The van der Waals surface area contributed by atoms with Crippen LogP contribution in [0.5, 0.6) is 5.75 Å². The van der Waals surface area contributed by atoms with E-state index in [1.807, 2.05) is 36.4 Å². The first kappa shape index (κ1) is 19.6. The van der Waals surface area contributed by atoms with E-state index < -0.39 is 0 Å². The Bertz CT molecular complexity index is 887. The number of fused-ring (bicyclic) bond motifs is 1. The molecule has 2 aromatic rings. The Balaban J connectivity index is 1.39. The van der Waals surface area contributed by atoms with Crippen LogP contribution in [0.3, 0.4) is 0 Å². The highest BCUT2D eigenvalue weighted by Gasteiger charge is 2.17. The maximum absolute atomic E-state index is 12.5. The van der Waals surface area contributed by atoms with E-state index in [4.69, 9.17) is 9.47 Å². The molecule has 1 heterocycles. The van der Waals surface area contributed by atoms with E-state index in [9.17, 15) is 4.79 Å². The van der Waals surface area contributed by atoms with Gasteiger partial charge in [0.1, 0.15) is 5.75 Å². The quantitative estimate of drug-likeness (QED) is 0.794. The Kier molecular flexibility index (Phi) is 6.22. The number of rotatable bonds is 5. The summed E-state index contributed by atoms with van der Waals surface area (Å²) < 4.78 is 10.7. The second kappa shape index (κ2) is 9.20. The van der Waals surface area contributed by atoms with E-state index in [1.165, 1.54) is 11.1 Å². The van der Waals surface area contributed by atoms with Gasteiger partial charge in [0, 0.05) is 30.8 Å². The Morgan fingerprint density at radius 2 is 1.93 bits per heavy atom. The third-order valence-corrected chi connectivity index (χ3v) is 5.50. The molecule has 6 nitrogen and oxygen atoms in total. The predicted octanol–water partition coefficient (Wildman–Crippen LogP) is 3.00. The lowest BCUT2D eigenvalue weighted by molar-refractivity contribution is 0.0342. The fourth-order valence-electron chi connectivity index (χ4n) is 3.84. The molecule has 29 heavy (non-hydrogen) atoms. The van der Waals surface area contributed by atoms with E-state index in [-0.39, 0.29) is 5.91 Å². The van der Waals surface area contributed by atoms with Crippen molar-refractivity contribution in [3.05, 3.63) is 64.7 Å². The molecule has 1 fully saturated rings. The lowest BCUT2D eigenvalue weighted by Gasteiger charge is -2.26. The van der Waals surface area contributed by atoms with Gasteiger partial charge in [0.05, 0.1) is 26.0 Å². The maximum Gasteiger partial charge on any atom is 0.271 e. The maximum atomic E-state index is 12.5. The summed E-state index contributed by atoms with van der Waals surface area (Å²) in [4.78, 5) is 14.9.